The zero-order valence-corrected chi connectivity index (χ0v) is 11.6. The predicted octanol–water partition coefficient (Wildman–Crippen LogP) is 0.468. The zero-order chi connectivity index (χ0) is 14.1. The van der Waals surface area contributed by atoms with Crippen molar-refractivity contribution in [3.05, 3.63) is 0 Å². The van der Waals surface area contributed by atoms with E-state index in [2.05, 4.69) is 17.1 Å². The number of carbonyl (C=O) groups is 2. The summed E-state index contributed by atoms with van der Waals surface area (Å²) in [7, 11) is 0. The Kier molecular flexibility index (Phi) is 7.43. The highest BCUT2D eigenvalue weighted by Crippen LogP contribution is 2.13. The van der Waals surface area contributed by atoms with Crippen molar-refractivity contribution >= 4 is 11.9 Å². The van der Waals surface area contributed by atoms with E-state index in [9.17, 15) is 9.59 Å². The Morgan fingerprint density at radius 3 is 2.63 bits per heavy atom. The molecule has 1 aliphatic heterocycles. The van der Waals surface area contributed by atoms with Gasteiger partial charge in [0.2, 0.25) is 5.91 Å². The Morgan fingerprint density at radius 2 is 2.05 bits per heavy atom. The van der Waals surface area contributed by atoms with Crippen LogP contribution in [0.5, 0.6) is 0 Å². The normalized spacial score (nSPS) is 17.3. The second kappa shape index (κ2) is 8.87. The van der Waals surface area contributed by atoms with Gasteiger partial charge in [-0.1, -0.05) is 13.3 Å². The van der Waals surface area contributed by atoms with Crippen LogP contribution in [0.2, 0.25) is 0 Å². The van der Waals surface area contributed by atoms with Crippen molar-refractivity contribution in [3.8, 4) is 0 Å². The quantitative estimate of drug-likeness (QED) is 0.628. The van der Waals surface area contributed by atoms with Crippen molar-refractivity contribution in [2.75, 3.05) is 32.8 Å². The van der Waals surface area contributed by atoms with Crippen molar-refractivity contribution < 1.29 is 19.4 Å². The molecule has 1 amide bonds. The third-order valence-electron chi connectivity index (χ3n) is 3.20. The number of carboxylic acids is 1. The molecule has 0 aromatic rings. The molecule has 0 saturated carbocycles. The molecule has 110 valence electrons. The largest absolute Gasteiger partial charge is 0.480 e. The Labute approximate surface area is 114 Å². The molecule has 1 saturated heterocycles. The molecular formula is C13H24N2O4. The van der Waals surface area contributed by atoms with Gasteiger partial charge < -0.3 is 15.2 Å². The summed E-state index contributed by atoms with van der Waals surface area (Å²) in [5.41, 5.74) is 0. The standard InChI is InChI=1S/C13H24N2O4/c1-2-3-6-14-12(16)9-15-7-4-11(5-8-15)19-10-13(17)18/h11H,2-10H2,1H3,(H,14,16)(H,17,18). The number of hydrogen-bond donors (Lipinski definition) is 2. The highest BCUT2D eigenvalue weighted by Gasteiger charge is 2.21. The fourth-order valence-corrected chi connectivity index (χ4v) is 2.09. The smallest absolute Gasteiger partial charge is 0.329 e. The summed E-state index contributed by atoms with van der Waals surface area (Å²) in [6.45, 7) is 4.59. The lowest BCUT2D eigenvalue weighted by atomic mass is 10.1. The number of nitrogens with one attached hydrogen (secondary N) is 1. The number of piperidine rings is 1. The fraction of sp³-hybridized carbons (Fsp3) is 0.846. The summed E-state index contributed by atoms with van der Waals surface area (Å²) in [5.74, 6) is -0.865. The molecule has 0 spiro atoms. The van der Waals surface area contributed by atoms with Gasteiger partial charge in [0.25, 0.3) is 0 Å². The molecule has 0 aliphatic carbocycles. The Hall–Kier alpha value is -1.14. The van der Waals surface area contributed by atoms with Gasteiger partial charge in [0, 0.05) is 19.6 Å². The Bertz CT molecular complexity index is 288. The van der Waals surface area contributed by atoms with E-state index in [1.807, 2.05) is 0 Å². The minimum Gasteiger partial charge on any atom is -0.480 e. The summed E-state index contributed by atoms with van der Waals surface area (Å²) in [4.78, 5) is 24.1. The molecule has 19 heavy (non-hydrogen) atoms. The first-order valence-electron chi connectivity index (χ1n) is 6.94. The molecule has 0 atom stereocenters. The maximum atomic E-state index is 11.6. The van der Waals surface area contributed by atoms with Crippen LogP contribution >= 0.6 is 0 Å². The number of likely N-dealkylation sites (tertiary alicyclic amines) is 1. The SMILES string of the molecule is CCCCNC(=O)CN1CCC(OCC(=O)O)CC1. The van der Waals surface area contributed by atoms with Crippen molar-refractivity contribution in [3.63, 3.8) is 0 Å². The summed E-state index contributed by atoms with van der Waals surface area (Å²) >= 11 is 0. The fourth-order valence-electron chi connectivity index (χ4n) is 2.09. The number of carboxylic acid groups (broad SMARTS) is 1. The van der Waals surface area contributed by atoms with Crippen LogP contribution in [0, 0.1) is 0 Å². The van der Waals surface area contributed by atoms with Gasteiger partial charge in [0.1, 0.15) is 6.61 Å². The summed E-state index contributed by atoms with van der Waals surface area (Å²) in [6, 6.07) is 0. The third-order valence-corrected chi connectivity index (χ3v) is 3.20. The van der Waals surface area contributed by atoms with Crippen LogP contribution < -0.4 is 5.32 Å². The van der Waals surface area contributed by atoms with Gasteiger partial charge in [0.05, 0.1) is 12.6 Å². The maximum absolute atomic E-state index is 11.6. The molecular weight excluding hydrogens is 248 g/mol. The summed E-state index contributed by atoms with van der Waals surface area (Å²) in [5, 5.41) is 11.4. The molecule has 2 N–H and O–H groups in total. The van der Waals surface area contributed by atoms with E-state index in [0.717, 1.165) is 45.3 Å². The molecule has 1 fully saturated rings. The van der Waals surface area contributed by atoms with Crippen LogP contribution in [-0.2, 0) is 14.3 Å². The van der Waals surface area contributed by atoms with E-state index in [0.29, 0.717) is 6.54 Å². The Morgan fingerprint density at radius 1 is 1.37 bits per heavy atom. The first-order valence-corrected chi connectivity index (χ1v) is 6.94. The number of carbonyl (C=O) groups excluding carboxylic acids is 1. The van der Waals surface area contributed by atoms with Crippen LogP contribution in [0.1, 0.15) is 32.6 Å². The number of nitrogens with zero attached hydrogens (tertiary/aromatic N) is 1. The lowest BCUT2D eigenvalue weighted by molar-refractivity contribution is -0.145. The molecule has 1 aliphatic rings. The minimum atomic E-state index is -0.933. The van der Waals surface area contributed by atoms with Crippen molar-refractivity contribution in [1.29, 1.82) is 0 Å². The Balaban J connectivity index is 2.12. The van der Waals surface area contributed by atoms with Gasteiger partial charge in [0.15, 0.2) is 0 Å². The third kappa shape index (κ3) is 7.12. The highest BCUT2D eigenvalue weighted by molar-refractivity contribution is 5.77. The van der Waals surface area contributed by atoms with E-state index in [-0.39, 0.29) is 18.6 Å². The lowest BCUT2D eigenvalue weighted by Crippen LogP contribution is -2.43. The van der Waals surface area contributed by atoms with Gasteiger partial charge in [-0.05, 0) is 19.3 Å². The second-order valence-corrected chi connectivity index (χ2v) is 4.88. The van der Waals surface area contributed by atoms with E-state index in [1.165, 1.54) is 0 Å². The molecule has 0 aromatic heterocycles. The first-order chi connectivity index (χ1) is 9.11. The summed E-state index contributed by atoms with van der Waals surface area (Å²) in [6.07, 6.45) is 3.67. The number of unbranched alkanes of at least 4 members (excludes halogenated alkanes) is 1. The van der Waals surface area contributed by atoms with E-state index in [4.69, 9.17) is 9.84 Å². The molecule has 0 radical (unpaired) electrons. The number of ether oxygens (including phenoxy) is 1. The molecule has 6 heteroatoms. The first kappa shape index (κ1) is 15.9. The molecule has 0 bridgehead atoms. The minimum absolute atomic E-state index is 0.00972. The maximum Gasteiger partial charge on any atom is 0.329 e. The van der Waals surface area contributed by atoms with Gasteiger partial charge in [-0.3, -0.25) is 9.69 Å². The van der Waals surface area contributed by atoms with Crippen LogP contribution in [0.4, 0.5) is 0 Å². The summed E-state index contributed by atoms with van der Waals surface area (Å²) < 4.78 is 5.25. The molecule has 1 rings (SSSR count). The van der Waals surface area contributed by atoms with E-state index >= 15 is 0 Å². The average molecular weight is 272 g/mol. The van der Waals surface area contributed by atoms with Crippen LogP contribution in [0.3, 0.4) is 0 Å². The van der Waals surface area contributed by atoms with Gasteiger partial charge >= 0.3 is 5.97 Å². The topological polar surface area (TPSA) is 78.9 Å². The van der Waals surface area contributed by atoms with Gasteiger partial charge in [-0.15, -0.1) is 0 Å². The number of hydrogen-bond acceptors (Lipinski definition) is 4. The predicted molar refractivity (Wildman–Crippen MR) is 71.0 cm³/mol. The second-order valence-electron chi connectivity index (χ2n) is 4.88. The number of amides is 1. The van der Waals surface area contributed by atoms with Crippen LogP contribution in [0.15, 0.2) is 0 Å². The molecule has 0 aromatic carbocycles. The monoisotopic (exact) mass is 272 g/mol. The van der Waals surface area contributed by atoms with Gasteiger partial charge in [-0.25, -0.2) is 4.79 Å². The molecule has 6 nitrogen and oxygen atoms in total. The van der Waals surface area contributed by atoms with Crippen molar-refractivity contribution in [2.24, 2.45) is 0 Å². The van der Waals surface area contributed by atoms with Gasteiger partial charge in [-0.2, -0.15) is 0 Å². The zero-order valence-electron chi connectivity index (χ0n) is 11.6. The van der Waals surface area contributed by atoms with Crippen LogP contribution in [-0.4, -0.2) is 60.8 Å². The van der Waals surface area contributed by atoms with E-state index in [1.54, 1.807) is 0 Å². The highest BCUT2D eigenvalue weighted by atomic mass is 16.5. The number of aliphatic carboxylic acids is 1. The molecule has 1 heterocycles. The van der Waals surface area contributed by atoms with Crippen LogP contribution in [0.25, 0.3) is 0 Å². The van der Waals surface area contributed by atoms with Crippen molar-refractivity contribution in [2.45, 2.75) is 38.7 Å². The average Bonchev–Trinajstić information content (AvgIpc) is 2.38. The molecule has 0 unspecified atom stereocenters. The van der Waals surface area contributed by atoms with E-state index < -0.39 is 5.97 Å². The lowest BCUT2D eigenvalue weighted by Gasteiger charge is -2.31. The number of rotatable bonds is 8. The van der Waals surface area contributed by atoms with Crippen molar-refractivity contribution in [1.82, 2.24) is 10.2 Å².